The summed E-state index contributed by atoms with van der Waals surface area (Å²) in [5, 5.41) is 2.55. The largest absolute Gasteiger partial charge is 0.319 e. The lowest BCUT2D eigenvalue weighted by Gasteiger charge is -2.08. The number of halogens is 3. The maximum Gasteiger partial charge on any atom is 0.256 e. The van der Waals surface area contributed by atoms with E-state index in [1.165, 1.54) is 12.1 Å². The third-order valence-corrected chi connectivity index (χ3v) is 3.70. The lowest BCUT2D eigenvalue weighted by molar-refractivity contribution is 0.102. The molecule has 0 unspecified atom stereocenters. The number of anilines is 1. The van der Waals surface area contributed by atoms with Crippen LogP contribution in [0.1, 0.15) is 15.9 Å². The van der Waals surface area contributed by atoms with Crippen LogP contribution in [-0.2, 0) is 0 Å². The van der Waals surface area contributed by atoms with Crippen molar-refractivity contribution in [2.24, 2.45) is 0 Å². The van der Waals surface area contributed by atoms with Gasteiger partial charge in [0, 0.05) is 8.95 Å². The second-order valence-electron chi connectivity index (χ2n) is 4.06. The van der Waals surface area contributed by atoms with E-state index in [9.17, 15) is 9.18 Å². The zero-order chi connectivity index (χ0) is 14.0. The van der Waals surface area contributed by atoms with Crippen LogP contribution in [0.5, 0.6) is 0 Å². The van der Waals surface area contributed by atoms with Crippen LogP contribution in [0.25, 0.3) is 0 Å². The predicted octanol–water partition coefficient (Wildman–Crippen LogP) is 4.91. The molecule has 0 heterocycles. The molecule has 98 valence electrons. The van der Waals surface area contributed by atoms with Crippen molar-refractivity contribution in [1.29, 1.82) is 0 Å². The molecule has 0 spiro atoms. The maximum absolute atomic E-state index is 13.6. The molecule has 0 fully saturated rings. The molecule has 2 nitrogen and oxygen atoms in total. The summed E-state index contributed by atoms with van der Waals surface area (Å²) < 4.78 is 14.9. The topological polar surface area (TPSA) is 29.1 Å². The number of hydrogen-bond donors (Lipinski definition) is 1. The van der Waals surface area contributed by atoms with Crippen LogP contribution in [0.15, 0.2) is 45.3 Å². The Hall–Kier alpha value is -1.20. The first-order valence-corrected chi connectivity index (χ1v) is 7.08. The van der Waals surface area contributed by atoms with Crippen molar-refractivity contribution in [1.82, 2.24) is 0 Å². The highest BCUT2D eigenvalue weighted by atomic mass is 79.9. The van der Waals surface area contributed by atoms with E-state index in [4.69, 9.17) is 0 Å². The zero-order valence-corrected chi connectivity index (χ0v) is 13.2. The SMILES string of the molecule is Cc1ccc(C(=O)Nc2cc(Br)ccc2F)c(Br)c1. The molecule has 5 heteroatoms. The summed E-state index contributed by atoms with van der Waals surface area (Å²) in [6, 6.07) is 9.76. The number of rotatable bonds is 2. The average molecular weight is 387 g/mol. The molecule has 0 bridgehead atoms. The fraction of sp³-hybridized carbons (Fsp3) is 0.0714. The molecule has 2 aromatic carbocycles. The number of benzene rings is 2. The van der Waals surface area contributed by atoms with Crippen molar-refractivity contribution in [2.45, 2.75) is 6.92 Å². The van der Waals surface area contributed by atoms with E-state index in [2.05, 4.69) is 37.2 Å². The van der Waals surface area contributed by atoms with Gasteiger partial charge in [0.15, 0.2) is 0 Å². The van der Waals surface area contributed by atoms with Crippen LogP contribution in [0.3, 0.4) is 0 Å². The van der Waals surface area contributed by atoms with Gasteiger partial charge in [0.1, 0.15) is 5.82 Å². The van der Waals surface area contributed by atoms with E-state index in [1.54, 1.807) is 12.1 Å². The standard InChI is InChI=1S/C14H10Br2FNO/c1-8-2-4-10(11(16)6-8)14(19)18-13-7-9(15)3-5-12(13)17/h2-7H,1H3,(H,18,19). The fourth-order valence-electron chi connectivity index (χ4n) is 1.59. The molecule has 2 aromatic rings. The molecule has 0 aliphatic heterocycles. The maximum atomic E-state index is 13.6. The van der Waals surface area contributed by atoms with E-state index < -0.39 is 5.82 Å². The highest BCUT2D eigenvalue weighted by Gasteiger charge is 2.12. The number of amides is 1. The quantitative estimate of drug-likeness (QED) is 0.780. The minimum atomic E-state index is -0.472. The number of nitrogens with one attached hydrogen (secondary N) is 1. The van der Waals surface area contributed by atoms with Gasteiger partial charge < -0.3 is 5.32 Å². The Morgan fingerprint density at radius 1 is 1.16 bits per heavy atom. The zero-order valence-electron chi connectivity index (χ0n) is 10.0. The number of carbonyl (C=O) groups is 1. The molecule has 1 N–H and O–H groups in total. The molecule has 0 aliphatic carbocycles. The Kier molecular flexibility index (Phi) is 4.37. The van der Waals surface area contributed by atoms with Crippen LogP contribution in [-0.4, -0.2) is 5.91 Å². The van der Waals surface area contributed by atoms with Crippen molar-refractivity contribution in [3.63, 3.8) is 0 Å². The third kappa shape index (κ3) is 3.42. The van der Waals surface area contributed by atoms with Crippen molar-refractivity contribution in [3.05, 3.63) is 62.3 Å². The number of carbonyl (C=O) groups excluding carboxylic acids is 1. The van der Waals surface area contributed by atoms with E-state index >= 15 is 0 Å². The van der Waals surface area contributed by atoms with E-state index in [0.29, 0.717) is 14.5 Å². The summed E-state index contributed by atoms with van der Waals surface area (Å²) in [5.41, 5.74) is 1.65. The Morgan fingerprint density at radius 2 is 1.89 bits per heavy atom. The molecule has 0 saturated heterocycles. The van der Waals surface area contributed by atoms with Crippen molar-refractivity contribution >= 4 is 43.5 Å². The molecule has 0 atom stereocenters. The van der Waals surface area contributed by atoms with Crippen molar-refractivity contribution < 1.29 is 9.18 Å². The van der Waals surface area contributed by atoms with E-state index in [1.807, 2.05) is 19.1 Å². The highest BCUT2D eigenvalue weighted by Crippen LogP contribution is 2.23. The molecule has 0 radical (unpaired) electrons. The monoisotopic (exact) mass is 385 g/mol. The van der Waals surface area contributed by atoms with Gasteiger partial charge in [-0.05, 0) is 58.7 Å². The summed E-state index contributed by atoms with van der Waals surface area (Å²) in [7, 11) is 0. The van der Waals surface area contributed by atoms with Gasteiger partial charge in [-0.2, -0.15) is 0 Å². The van der Waals surface area contributed by atoms with Gasteiger partial charge in [0.05, 0.1) is 11.3 Å². The lowest BCUT2D eigenvalue weighted by Crippen LogP contribution is -2.13. The Labute approximate surface area is 127 Å². The summed E-state index contributed by atoms with van der Waals surface area (Å²) in [5.74, 6) is -0.830. The van der Waals surface area contributed by atoms with E-state index in [0.717, 1.165) is 5.56 Å². The molecule has 2 rings (SSSR count). The Bertz CT molecular complexity index is 643. The van der Waals surface area contributed by atoms with Gasteiger partial charge in [-0.3, -0.25) is 4.79 Å². The van der Waals surface area contributed by atoms with Crippen LogP contribution < -0.4 is 5.32 Å². The third-order valence-electron chi connectivity index (χ3n) is 2.55. The summed E-state index contributed by atoms with van der Waals surface area (Å²) in [4.78, 5) is 12.1. The first kappa shape index (κ1) is 14.2. The second-order valence-corrected chi connectivity index (χ2v) is 5.83. The smallest absolute Gasteiger partial charge is 0.256 e. The average Bonchev–Trinajstić information content (AvgIpc) is 2.33. The normalized spacial score (nSPS) is 10.3. The molecule has 1 amide bonds. The van der Waals surface area contributed by atoms with Crippen molar-refractivity contribution in [3.8, 4) is 0 Å². The second kappa shape index (κ2) is 5.84. The molecule has 0 aromatic heterocycles. The van der Waals surface area contributed by atoms with Crippen LogP contribution >= 0.6 is 31.9 Å². The summed E-state index contributed by atoms with van der Waals surface area (Å²) in [6.45, 7) is 1.93. The van der Waals surface area contributed by atoms with Crippen LogP contribution in [0.4, 0.5) is 10.1 Å². The number of aryl methyl sites for hydroxylation is 1. The Morgan fingerprint density at radius 3 is 2.58 bits per heavy atom. The van der Waals surface area contributed by atoms with Crippen LogP contribution in [0, 0.1) is 12.7 Å². The van der Waals surface area contributed by atoms with Crippen molar-refractivity contribution in [2.75, 3.05) is 5.32 Å². The van der Waals surface area contributed by atoms with E-state index in [-0.39, 0.29) is 11.6 Å². The molecule has 0 saturated carbocycles. The van der Waals surface area contributed by atoms with Gasteiger partial charge >= 0.3 is 0 Å². The first-order chi connectivity index (χ1) is 8.97. The summed E-state index contributed by atoms with van der Waals surface area (Å²) >= 11 is 6.57. The van der Waals surface area contributed by atoms with Gasteiger partial charge in [-0.25, -0.2) is 4.39 Å². The first-order valence-electron chi connectivity index (χ1n) is 5.50. The van der Waals surface area contributed by atoms with Gasteiger partial charge in [-0.1, -0.05) is 22.0 Å². The molecular formula is C14H10Br2FNO. The molecule has 0 aliphatic rings. The number of hydrogen-bond acceptors (Lipinski definition) is 1. The van der Waals surface area contributed by atoms with Gasteiger partial charge in [-0.15, -0.1) is 0 Å². The highest BCUT2D eigenvalue weighted by molar-refractivity contribution is 9.10. The lowest BCUT2D eigenvalue weighted by atomic mass is 10.1. The Balaban J connectivity index is 2.28. The molecule has 19 heavy (non-hydrogen) atoms. The van der Waals surface area contributed by atoms with Gasteiger partial charge in [0.2, 0.25) is 0 Å². The minimum Gasteiger partial charge on any atom is -0.319 e. The van der Waals surface area contributed by atoms with Gasteiger partial charge in [0.25, 0.3) is 5.91 Å². The van der Waals surface area contributed by atoms with Crippen LogP contribution in [0.2, 0.25) is 0 Å². The summed E-state index contributed by atoms with van der Waals surface area (Å²) in [6.07, 6.45) is 0. The predicted molar refractivity (Wildman–Crippen MR) is 80.9 cm³/mol. The fourth-order valence-corrected chi connectivity index (χ4v) is 2.62. The minimum absolute atomic E-state index is 0.145. The molecular weight excluding hydrogens is 377 g/mol.